The molecule has 0 atom stereocenters. The molecule has 1 amide bonds. The number of aromatic nitrogens is 3. The maximum Gasteiger partial charge on any atom is 0.296 e. The minimum absolute atomic E-state index is 0.246. The first-order chi connectivity index (χ1) is 16.4. The van der Waals surface area contributed by atoms with Crippen LogP contribution in [0.5, 0.6) is 0 Å². The molecular formula is C28H26N4O2. The smallest absolute Gasteiger partial charge is 0.296 e. The van der Waals surface area contributed by atoms with Crippen molar-refractivity contribution in [3.63, 3.8) is 0 Å². The average Bonchev–Trinajstić information content (AvgIpc) is 3.13. The molecule has 0 aliphatic rings. The van der Waals surface area contributed by atoms with Gasteiger partial charge in [-0.3, -0.25) is 9.59 Å². The monoisotopic (exact) mass is 450 g/mol. The van der Waals surface area contributed by atoms with E-state index in [4.69, 9.17) is 0 Å². The lowest BCUT2D eigenvalue weighted by atomic mass is 10.1. The second kappa shape index (κ2) is 8.63. The fourth-order valence-electron chi connectivity index (χ4n) is 4.47. The summed E-state index contributed by atoms with van der Waals surface area (Å²) >= 11 is 0. The van der Waals surface area contributed by atoms with E-state index in [2.05, 4.69) is 35.5 Å². The Hall–Kier alpha value is -4.19. The zero-order valence-electron chi connectivity index (χ0n) is 19.5. The highest BCUT2D eigenvalue weighted by atomic mass is 16.2. The molecule has 0 fully saturated rings. The predicted molar refractivity (Wildman–Crippen MR) is 136 cm³/mol. The molecule has 0 saturated carbocycles. The maximum absolute atomic E-state index is 13.6. The Kier molecular flexibility index (Phi) is 5.49. The van der Waals surface area contributed by atoms with Crippen LogP contribution in [0, 0.1) is 13.8 Å². The van der Waals surface area contributed by atoms with Gasteiger partial charge in [0.2, 0.25) is 0 Å². The van der Waals surface area contributed by atoms with Crippen molar-refractivity contribution in [3.05, 3.63) is 106 Å². The predicted octanol–water partition coefficient (Wildman–Crippen LogP) is 4.47. The van der Waals surface area contributed by atoms with Crippen molar-refractivity contribution in [3.8, 4) is 5.69 Å². The van der Waals surface area contributed by atoms with E-state index in [0.29, 0.717) is 29.6 Å². The Morgan fingerprint density at radius 1 is 0.941 bits per heavy atom. The zero-order valence-corrected chi connectivity index (χ0v) is 19.5. The van der Waals surface area contributed by atoms with Crippen LogP contribution in [0.4, 0.5) is 0 Å². The highest BCUT2D eigenvalue weighted by Gasteiger charge is 2.23. The van der Waals surface area contributed by atoms with Crippen molar-refractivity contribution in [2.24, 2.45) is 7.05 Å². The second-order valence-electron chi connectivity index (χ2n) is 8.70. The van der Waals surface area contributed by atoms with Gasteiger partial charge in [0, 0.05) is 29.9 Å². The quantitative estimate of drug-likeness (QED) is 0.430. The van der Waals surface area contributed by atoms with Crippen LogP contribution in [-0.4, -0.2) is 26.8 Å². The molecule has 3 aromatic carbocycles. The van der Waals surface area contributed by atoms with E-state index < -0.39 is 0 Å². The first kappa shape index (κ1) is 21.6. The van der Waals surface area contributed by atoms with E-state index >= 15 is 0 Å². The van der Waals surface area contributed by atoms with Gasteiger partial charge in [-0.25, -0.2) is 0 Å². The van der Waals surface area contributed by atoms with Gasteiger partial charge in [-0.05, 0) is 44.0 Å². The van der Waals surface area contributed by atoms with Crippen molar-refractivity contribution in [2.75, 3.05) is 6.54 Å². The van der Waals surface area contributed by atoms with Crippen LogP contribution in [-0.2, 0) is 13.5 Å². The molecule has 0 aliphatic heterocycles. The molecule has 1 N–H and O–H groups in total. The van der Waals surface area contributed by atoms with Crippen LogP contribution in [0.3, 0.4) is 0 Å². The molecule has 6 nitrogen and oxygen atoms in total. The number of carbonyl (C=O) groups is 1. The lowest BCUT2D eigenvalue weighted by molar-refractivity contribution is 0.0949. The number of para-hydroxylation sites is 1. The molecule has 0 saturated heterocycles. The van der Waals surface area contributed by atoms with Gasteiger partial charge in [-0.15, -0.1) is 0 Å². The number of carbonyl (C=O) groups excluding carboxylic acids is 1. The van der Waals surface area contributed by atoms with Gasteiger partial charge in [0.15, 0.2) is 5.69 Å². The Morgan fingerprint density at radius 3 is 2.47 bits per heavy atom. The number of nitrogens with zero attached hydrogens (tertiary/aromatic N) is 3. The van der Waals surface area contributed by atoms with E-state index in [1.165, 1.54) is 10.2 Å². The number of hydrogen-bond donors (Lipinski definition) is 1. The number of aryl methyl sites for hydroxylation is 3. The fourth-order valence-corrected chi connectivity index (χ4v) is 4.47. The highest BCUT2D eigenvalue weighted by molar-refractivity contribution is 6.16. The van der Waals surface area contributed by atoms with Crippen molar-refractivity contribution in [2.45, 2.75) is 20.3 Å². The highest BCUT2D eigenvalue weighted by Crippen LogP contribution is 2.28. The van der Waals surface area contributed by atoms with Gasteiger partial charge in [0.1, 0.15) is 5.52 Å². The average molecular weight is 451 g/mol. The molecule has 0 unspecified atom stereocenters. The van der Waals surface area contributed by atoms with E-state index in [1.54, 1.807) is 0 Å². The van der Waals surface area contributed by atoms with Crippen LogP contribution < -0.4 is 10.9 Å². The first-order valence-corrected chi connectivity index (χ1v) is 11.4. The minimum atomic E-state index is -0.296. The van der Waals surface area contributed by atoms with E-state index in [-0.39, 0.29) is 17.2 Å². The van der Waals surface area contributed by atoms with Gasteiger partial charge in [0.05, 0.1) is 5.69 Å². The summed E-state index contributed by atoms with van der Waals surface area (Å²) in [7, 11) is 1.85. The maximum atomic E-state index is 13.6. The molecule has 170 valence electrons. The number of nitrogens with one attached hydrogen (secondary N) is 1. The van der Waals surface area contributed by atoms with Crippen LogP contribution in [0.2, 0.25) is 0 Å². The minimum Gasteiger partial charge on any atom is -0.350 e. The standard InChI is InChI=1S/C28H26N4O2/c1-18-11-13-21(14-12-18)32-28(34)26-24(22-9-4-5-10-23(22)31(26)3)25(30-32)27(33)29-16-15-20-8-6-7-19(2)17-20/h4-14,17H,15-16H2,1-3H3,(H,29,33). The third kappa shape index (κ3) is 3.77. The van der Waals surface area contributed by atoms with Gasteiger partial charge >= 0.3 is 0 Å². The molecule has 2 heterocycles. The number of benzene rings is 3. The van der Waals surface area contributed by atoms with Crippen molar-refractivity contribution in [1.82, 2.24) is 19.7 Å². The van der Waals surface area contributed by atoms with E-state index in [9.17, 15) is 9.59 Å². The zero-order chi connectivity index (χ0) is 23.8. The molecule has 0 aliphatic carbocycles. The van der Waals surface area contributed by atoms with Crippen molar-refractivity contribution < 1.29 is 4.79 Å². The Morgan fingerprint density at radius 2 is 1.71 bits per heavy atom. The molecular weight excluding hydrogens is 424 g/mol. The van der Waals surface area contributed by atoms with E-state index in [1.807, 2.05) is 73.1 Å². The Labute approximate surface area is 197 Å². The van der Waals surface area contributed by atoms with Crippen LogP contribution >= 0.6 is 0 Å². The van der Waals surface area contributed by atoms with Gasteiger partial charge in [-0.1, -0.05) is 65.7 Å². The van der Waals surface area contributed by atoms with Gasteiger partial charge in [-0.2, -0.15) is 9.78 Å². The Balaban J connectivity index is 1.62. The molecule has 34 heavy (non-hydrogen) atoms. The summed E-state index contributed by atoms with van der Waals surface area (Å²) in [4.78, 5) is 27.0. The molecule has 0 spiro atoms. The normalized spacial score (nSPS) is 11.3. The lowest BCUT2D eigenvalue weighted by Gasteiger charge is -2.11. The topological polar surface area (TPSA) is 68.9 Å². The summed E-state index contributed by atoms with van der Waals surface area (Å²) in [5.74, 6) is -0.296. The number of hydrogen-bond acceptors (Lipinski definition) is 3. The van der Waals surface area contributed by atoms with Gasteiger partial charge in [0.25, 0.3) is 11.5 Å². The van der Waals surface area contributed by atoms with Crippen LogP contribution in [0.15, 0.2) is 77.6 Å². The summed E-state index contributed by atoms with van der Waals surface area (Å²) in [6.45, 7) is 4.51. The fraction of sp³-hybridized carbons (Fsp3) is 0.179. The molecule has 6 heteroatoms. The molecule has 2 aromatic heterocycles. The summed E-state index contributed by atoms with van der Waals surface area (Å²) in [6.07, 6.45) is 0.712. The van der Waals surface area contributed by atoms with Crippen molar-refractivity contribution in [1.29, 1.82) is 0 Å². The SMILES string of the molecule is Cc1ccc(-n2nc(C(=O)NCCc3cccc(C)c3)c3c4ccccc4n(C)c3c2=O)cc1. The second-order valence-corrected chi connectivity index (χ2v) is 8.70. The van der Waals surface area contributed by atoms with Crippen molar-refractivity contribution >= 4 is 27.7 Å². The van der Waals surface area contributed by atoms with E-state index in [0.717, 1.165) is 22.0 Å². The number of fused-ring (bicyclic) bond motifs is 3. The third-order valence-corrected chi connectivity index (χ3v) is 6.21. The first-order valence-electron chi connectivity index (χ1n) is 11.4. The third-order valence-electron chi connectivity index (χ3n) is 6.21. The largest absolute Gasteiger partial charge is 0.350 e. The summed E-state index contributed by atoms with van der Waals surface area (Å²) in [5.41, 5.74) is 5.38. The van der Waals surface area contributed by atoms with Crippen LogP contribution in [0.25, 0.3) is 27.5 Å². The number of rotatable bonds is 5. The molecule has 0 radical (unpaired) electrons. The number of amides is 1. The van der Waals surface area contributed by atoms with Gasteiger partial charge < -0.3 is 9.88 Å². The van der Waals surface area contributed by atoms with Crippen LogP contribution in [0.1, 0.15) is 27.2 Å². The molecule has 5 aromatic rings. The summed E-state index contributed by atoms with van der Waals surface area (Å²) < 4.78 is 3.18. The summed E-state index contributed by atoms with van der Waals surface area (Å²) in [6, 6.07) is 23.5. The Bertz CT molecular complexity index is 1590. The molecule has 5 rings (SSSR count). The summed E-state index contributed by atoms with van der Waals surface area (Å²) in [5, 5.41) is 9.02. The lowest BCUT2D eigenvalue weighted by Crippen LogP contribution is -2.31. The molecule has 0 bridgehead atoms.